The summed E-state index contributed by atoms with van der Waals surface area (Å²) in [4.78, 5) is 22.7. The quantitative estimate of drug-likeness (QED) is 0.194. The van der Waals surface area contributed by atoms with Crippen molar-refractivity contribution in [3.63, 3.8) is 0 Å². The van der Waals surface area contributed by atoms with Crippen LogP contribution in [0.5, 0.6) is 11.5 Å². The van der Waals surface area contributed by atoms with E-state index < -0.39 is 4.92 Å². The van der Waals surface area contributed by atoms with E-state index in [4.69, 9.17) is 9.47 Å². The molecule has 0 fully saturated rings. The highest BCUT2D eigenvalue weighted by atomic mass is 32.2. The fourth-order valence-corrected chi connectivity index (χ4v) is 3.83. The molecule has 0 saturated heterocycles. The van der Waals surface area contributed by atoms with Gasteiger partial charge in [0.05, 0.1) is 16.4 Å². The van der Waals surface area contributed by atoms with Gasteiger partial charge >= 0.3 is 0 Å². The highest BCUT2D eigenvalue weighted by Crippen LogP contribution is 2.35. The van der Waals surface area contributed by atoms with Gasteiger partial charge in [0, 0.05) is 23.3 Å². The van der Waals surface area contributed by atoms with Gasteiger partial charge in [-0.1, -0.05) is 11.8 Å². The van der Waals surface area contributed by atoms with Gasteiger partial charge in [0.15, 0.2) is 22.9 Å². The number of rotatable bonds is 6. The van der Waals surface area contributed by atoms with Crippen molar-refractivity contribution in [3.8, 4) is 22.8 Å². The molecular formula is C20H13N5O5S. The van der Waals surface area contributed by atoms with Gasteiger partial charge in [0.2, 0.25) is 11.9 Å². The first kappa shape index (κ1) is 19.0. The van der Waals surface area contributed by atoms with Crippen LogP contribution in [0, 0.1) is 10.1 Å². The largest absolute Gasteiger partial charge is 0.454 e. The number of Topliss-reactive ketones (excluding diaryl/α,β-unsaturated/α-hetero) is 1. The van der Waals surface area contributed by atoms with Crippen LogP contribution in [0.3, 0.4) is 0 Å². The number of thioether (sulfide) groups is 1. The number of benzene rings is 2. The first-order valence-corrected chi connectivity index (χ1v) is 10.1. The third kappa shape index (κ3) is 3.66. The second kappa shape index (κ2) is 7.69. The van der Waals surface area contributed by atoms with Crippen LogP contribution in [0.2, 0.25) is 0 Å². The Morgan fingerprint density at radius 1 is 1.06 bits per heavy atom. The van der Waals surface area contributed by atoms with Crippen LogP contribution in [0.25, 0.3) is 16.9 Å². The van der Waals surface area contributed by atoms with Crippen LogP contribution in [0.15, 0.2) is 59.8 Å². The van der Waals surface area contributed by atoms with Gasteiger partial charge in [-0.15, -0.1) is 10.2 Å². The SMILES string of the molecule is O=C(CSc1nnc2ccc(-c3ccc4c(c3)OCO4)nn12)c1ccc([N+](=O)[O-])cc1. The average molecular weight is 435 g/mol. The maximum atomic E-state index is 12.5. The van der Waals surface area contributed by atoms with Crippen LogP contribution < -0.4 is 9.47 Å². The summed E-state index contributed by atoms with van der Waals surface area (Å²) in [5.41, 5.74) is 2.41. The number of ether oxygens (including phenoxy) is 2. The Kier molecular flexibility index (Phi) is 4.71. The first-order chi connectivity index (χ1) is 15.1. The number of hydrogen-bond donors (Lipinski definition) is 0. The Morgan fingerprint density at radius 3 is 2.68 bits per heavy atom. The summed E-state index contributed by atoms with van der Waals surface area (Å²) >= 11 is 1.19. The summed E-state index contributed by atoms with van der Waals surface area (Å²) < 4.78 is 12.3. The van der Waals surface area contributed by atoms with Gasteiger partial charge in [-0.05, 0) is 42.5 Å². The summed E-state index contributed by atoms with van der Waals surface area (Å²) in [6.45, 7) is 0.195. The number of hydrogen-bond acceptors (Lipinski definition) is 9. The molecule has 5 rings (SSSR count). The summed E-state index contributed by atoms with van der Waals surface area (Å²) in [6.07, 6.45) is 0. The van der Waals surface area contributed by atoms with Crippen LogP contribution in [-0.2, 0) is 0 Å². The molecule has 0 amide bonds. The predicted octanol–water partition coefficient (Wildman–Crippen LogP) is 3.40. The van der Waals surface area contributed by atoms with Gasteiger partial charge in [0.1, 0.15) is 0 Å². The lowest BCUT2D eigenvalue weighted by Gasteiger charge is -2.04. The van der Waals surface area contributed by atoms with Gasteiger partial charge in [-0.2, -0.15) is 9.61 Å². The van der Waals surface area contributed by atoms with Gasteiger partial charge in [-0.3, -0.25) is 14.9 Å². The van der Waals surface area contributed by atoms with Crippen molar-refractivity contribution in [2.75, 3.05) is 12.5 Å². The van der Waals surface area contributed by atoms with Crippen molar-refractivity contribution in [3.05, 3.63) is 70.3 Å². The Hall–Kier alpha value is -3.99. The summed E-state index contributed by atoms with van der Waals surface area (Å²) in [5.74, 6) is 1.26. The van der Waals surface area contributed by atoms with Crippen LogP contribution in [-0.4, -0.2) is 43.1 Å². The minimum absolute atomic E-state index is 0.0621. The molecular weight excluding hydrogens is 422 g/mol. The molecule has 4 aromatic rings. The average Bonchev–Trinajstić information content (AvgIpc) is 3.43. The Balaban J connectivity index is 1.36. The van der Waals surface area contributed by atoms with Crippen molar-refractivity contribution >= 4 is 28.9 Å². The third-order valence-electron chi connectivity index (χ3n) is 4.64. The molecule has 154 valence electrons. The standard InChI is InChI=1S/C20H13N5O5S/c26-16(12-1-4-14(5-2-12)25(27)28)10-31-20-22-21-19-8-6-15(23-24(19)20)13-3-7-17-18(9-13)30-11-29-17/h1-9H,10-11H2. The zero-order valence-electron chi connectivity index (χ0n) is 15.8. The molecule has 0 N–H and O–H groups in total. The molecule has 0 spiro atoms. The molecule has 0 radical (unpaired) electrons. The van der Waals surface area contributed by atoms with Crippen molar-refractivity contribution in [1.82, 2.24) is 19.8 Å². The van der Waals surface area contributed by atoms with Crippen LogP contribution in [0.1, 0.15) is 10.4 Å². The van der Waals surface area contributed by atoms with Crippen molar-refractivity contribution in [2.24, 2.45) is 0 Å². The lowest BCUT2D eigenvalue weighted by Crippen LogP contribution is -2.04. The van der Waals surface area contributed by atoms with Crippen LogP contribution >= 0.6 is 11.8 Å². The van der Waals surface area contributed by atoms with Crippen molar-refractivity contribution in [2.45, 2.75) is 5.16 Å². The molecule has 0 bridgehead atoms. The minimum atomic E-state index is -0.505. The molecule has 0 atom stereocenters. The highest BCUT2D eigenvalue weighted by Gasteiger charge is 2.17. The number of ketones is 1. The van der Waals surface area contributed by atoms with E-state index in [0.29, 0.717) is 33.6 Å². The van der Waals surface area contributed by atoms with E-state index in [1.165, 1.54) is 36.0 Å². The smallest absolute Gasteiger partial charge is 0.269 e. The maximum Gasteiger partial charge on any atom is 0.269 e. The number of nitro groups is 1. The Morgan fingerprint density at radius 2 is 1.87 bits per heavy atom. The molecule has 1 aliphatic heterocycles. The molecule has 11 heteroatoms. The number of fused-ring (bicyclic) bond motifs is 2. The fourth-order valence-electron chi connectivity index (χ4n) is 3.05. The second-order valence-electron chi connectivity index (χ2n) is 6.56. The molecule has 3 heterocycles. The summed E-state index contributed by atoms with van der Waals surface area (Å²) in [6, 6.07) is 14.7. The minimum Gasteiger partial charge on any atom is -0.454 e. The number of carbonyl (C=O) groups is 1. The third-order valence-corrected chi connectivity index (χ3v) is 5.55. The van der Waals surface area contributed by atoms with E-state index in [9.17, 15) is 14.9 Å². The maximum absolute atomic E-state index is 12.5. The zero-order valence-corrected chi connectivity index (χ0v) is 16.6. The number of carbonyl (C=O) groups excluding carboxylic acids is 1. The summed E-state index contributed by atoms with van der Waals surface area (Å²) in [5, 5.41) is 24.0. The number of nitrogens with zero attached hydrogens (tertiary/aromatic N) is 5. The van der Waals surface area contributed by atoms with E-state index in [1.807, 2.05) is 24.3 Å². The zero-order chi connectivity index (χ0) is 21.4. The molecule has 0 aliphatic carbocycles. The lowest BCUT2D eigenvalue weighted by molar-refractivity contribution is -0.384. The monoisotopic (exact) mass is 435 g/mol. The van der Waals surface area contributed by atoms with E-state index >= 15 is 0 Å². The molecule has 10 nitrogen and oxygen atoms in total. The van der Waals surface area contributed by atoms with E-state index in [-0.39, 0.29) is 24.0 Å². The molecule has 0 saturated carbocycles. The molecule has 31 heavy (non-hydrogen) atoms. The molecule has 1 aliphatic rings. The fraction of sp³-hybridized carbons (Fsp3) is 0.100. The summed E-state index contributed by atoms with van der Waals surface area (Å²) in [7, 11) is 0. The van der Waals surface area contributed by atoms with E-state index in [1.54, 1.807) is 10.6 Å². The van der Waals surface area contributed by atoms with Gasteiger partial charge in [0.25, 0.3) is 5.69 Å². The van der Waals surface area contributed by atoms with Crippen molar-refractivity contribution in [1.29, 1.82) is 0 Å². The number of nitro benzene ring substituents is 1. The lowest BCUT2D eigenvalue weighted by atomic mass is 10.1. The first-order valence-electron chi connectivity index (χ1n) is 9.11. The normalized spacial score (nSPS) is 12.3. The van der Waals surface area contributed by atoms with Crippen molar-refractivity contribution < 1.29 is 19.2 Å². The number of non-ortho nitro benzene ring substituents is 1. The number of aromatic nitrogens is 4. The Bertz CT molecular complexity index is 1320. The predicted molar refractivity (Wildman–Crippen MR) is 110 cm³/mol. The molecule has 0 unspecified atom stereocenters. The highest BCUT2D eigenvalue weighted by molar-refractivity contribution is 7.99. The second-order valence-corrected chi connectivity index (χ2v) is 7.50. The molecule has 2 aromatic heterocycles. The molecule has 2 aromatic carbocycles. The van der Waals surface area contributed by atoms with E-state index in [2.05, 4.69) is 15.3 Å². The Labute approximate surface area is 179 Å². The van der Waals surface area contributed by atoms with E-state index in [0.717, 1.165) is 5.56 Å². The van der Waals surface area contributed by atoms with Crippen LogP contribution in [0.4, 0.5) is 5.69 Å². The topological polar surface area (TPSA) is 122 Å². The van der Waals surface area contributed by atoms with Gasteiger partial charge < -0.3 is 9.47 Å². The van der Waals surface area contributed by atoms with Gasteiger partial charge in [-0.25, -0.2) is 0 Å².